The van der Waals surface area contributed by atoms with E-state index in [0.717, 1.165) is 12.2 Å². The standard InChI is InChI=1S/C13H17N3OS2/c1-10-12(17)15-13(19-10)16-14-8-5-9-18-11-6-3-2-4-7-11/h2-4,6-8,10,13,16H,5,9H2,1H3,(H,15,17)/b14-8+. The first kappa shape index (κ1) is 14.3. The van der Waals surface area contributed by atoms with E-state index in [2.05, 4.69) is 28.0 Å². The number of carbonyl (C=O) groups excluding carboxylic acids is 1. The lowest BCUT2D eigenvalue weighted by atomic mass is 10.4. The number of rotatable bonds is 6. The van der Waals surface area contributed by atoms with Crippen molar-refractivity contribution in [3.63, 3.8) is 0 Å². The lowest BCUT2D eigenvalue weighted by Gasteiger charge is -2.07. The number of hydrazone groups is 1. The Hall–Kier alpha value is -1.14. The Bertz CT molecular complexity index is 439. The minimum atomic E-state index is -0.0967. The van der Waals surface area contributed by atoms with Crippen LogP contribution < -0.4 is 10.7 Å². The van der Waals surface area contributed by atoms with Gasteiger partial charge >= 0.3 is 0 Å². The van der Waals surface area contributed by atoms with Crippen molar-refractivity contribution in [3.05, 3.63) is 30.3 Å². The third-order valence-electron chi connectivity index (χ3n) is 2.52. The summed E-state index contributed by atoms with van der Waals surface area (Å²) in [6, 6.07) is 10.3. The van der Waals surface area contributed by atoms with Gasteiger partial charge in [0.1, 0.15) is 0 Å². The average molecular weight is 295 g/mol. The number of amides is 1. The molecule has 19 heavy (non-hydrogen) atoms. The van der Waals surface area contributed by atoms with Crippen LogP contribution in [0.15, 0.2) is 40.3 Å². The highest BCUT2D eigenvalue weighted by molar-refractivity contribution is 8.01. The quantitative estimate of drug-likeness (QED) is 0.366. The van der Waals surface area contributed by atoms with Crippen molar-refractivity contribution in [1.82, 2.24) is 10.7 Å². The van der Waals surface area contributed by atoms with Gasteiger partial charge < -0.3 is 5.32 Å². The molecule has 4 nitrogen and oxygen atoms in total. The van der Waals surface area contributed by atoms with Crippen LogP contribution in [-0.4, -0.2) is 28.6 Å². The first-order chi connectivity index (χ1) is 9.25. The number of hydrogen-bond acceptors (Lipinski definition) is 5. The fourth-order valence-electron chi connectivity index (χ4n) is 1.54. The Morgan fingerprint density at radius 3 is 2.95 bits per heavy atom. The van der Waals surface area contributed by atoms with Crippen molar-refractivity contribution in [3.8, 4) is 0 Å². The van der Waals surface area contributed by atoms with E-state index in [-0.39, 0.29) is 16.7 Å². The molecule has 1 aliphatic rings. The van der Waals surface area contributed by atoms with Crippen molar-refractivity contribution in [1.29, 1.82) is 0 Å². The third kappa shape index (κ3) is 4.80. The highest BCUT2D eigenvalue weighted by Crippen LogP contribution is 2.20. The van der Waals surface area contributed by atoms with Gasteiger partial charge in [-0.2, -0.15) is 5.10 Å². The maximum Gasteiger partial charge on any atom is 0.235 e. The Balaban J connectivity index is 1.59. The average Bonchev–Trinajstić information content (AvgIpc) is 2.74. The smallest absolute Gasteiger partial charge is 0.235 e. The molecule has 0 aromatic heterocycles. The van der Waals surface area contributed by atoms with Crippen LogP contribution in [0.25, 0.3) is 0 Å². The van der Waals surface area contributed by atoms with E-state index < -0.39 is 0 Å². The second-order valence-electron chi connectivity index (χ2n) is 4.06. The molecule has 2 N–H and O–H groups in total. The van der Waals surface area contributed by atoms with Gasteiger partial charge in [0.15, 0.2) is 5.50 Å². The van der Waals surface area contributed by atoms with Crippen molar-refractivity contribution < 1.29 is 4.79 Å². The molecule has 0 saturated carbocycles. The molecule has 1 heterocycles. The minimum Gasteiger partial charge on any atom is -0.325 e. The van der Waals surface area contributed by atoms with E-state index in [9.17, 15) is 4.79 Å². The lowest BCUT2D eigenvalue weighted by molar-refractivity contribution is -0.119. The van der Waals surface area contributed by atoms with Crippen LogP contribution in [0, 0.1) is 0 Å². The maximum atomic E-state index is 11.2. The summed E-state index contributed by atoms with van der Waals surface area (Å²) in [7, 11) is 0. The summed E-state index contributed by atoms with van der Waals surface area (Å²) in [5, 5.41) is 6.95. The molecule has 1 aromatic carbocycles. The van der Waals surface area contributed by atoms with E-state index >= 15 is 0 Å². The number of nitrogens with one attached hydrogen (secondary N) is 2. The molecular weight excluding hydrogens is 278 g/mol. The molecule has 0 radical (unpaired) electrons. The predicted octanol–water partition coefficient (Wildman–Crippen LogP) is 2.28. The summed E-state index contributed by atoms with van der Waals surface area (Å²) in [4.78, 5) is 12.5. The molecule has 1 fully saturated rings. The van der Waals surface area contributed by atoms with E-state index in [1.807, 2.05) is 43.1 Å². The van der Waals surface area contributed by atoms with Gasteiger partial charge in [0.25, 0.3) is 0 Å². The molecule has 1 aromatic rings. The number of thioether (sulfide) groups is 2. The third-order valence-corrected chi connectivity index (χ3v) is 4.69. The summed E-state index contributed by atoms with van der Waals surface area (Å²) < 4.78 is 0. The topological polar surface area (TPSA) is 53.5 Å². The van der Waals surface area contributed by atoms with Gasteiger partial charge in [-0.3, -0.25) is 10.2 Å². The lowest BCUT2D eigenvalue weighted by Crippen LogP contribution is -2.34. The number of benzene rings is 1. The Kier molecular flexibility index (Phi) is 5.60. The molecule has 1 saturated heterocycles. The van der Waals surface area contributed by atoms with Crippen LogP contribution in [-0.2, 0) is 4.79 Å². The summed E-state index contributed by atoms with van der Waals surface area (Å²) in [6.07, 6.45) is 2.75. The van der Waals surface area contributed by atoms with Gasteiger partial charge in [0, 0.05) is 16.9 Å². The number of nitrogens with zero attached hydrogens (tertiary/aromatic N) is 1. The largest absolute Gasteiger partial charge is 0.325 e. The van der Waals surface area contributed by atoms with Crippen molar-refractivity contribution >= 4 is 35.6 Å². The molecule has 0 aliphatic carbocycles. The normalized spacial score (nSPS) is 22.7. The van der Waals surface area contributed by atoms with E-state index in [4.69, 9.17) is 0 Å². The van der Waals surface area contributed by atoms with Crippen molar-refractivity contribution in [2.75, 3.05) is 5.75 Å². The first-order valence-corrected chi connectivity index (χ1v) is 8.09. The van der Waals surface area contributed by atoms with Crippen molar-refractivity contribution in [2.45, 2.75) is 29.0 Å². The Labute approximate surface area is 121 Å². The molecule has 1 amide bonds. The second kappa shape index (κ2) is 7.45. The van der Waals surface area contributed by atoms with Gasteiger partial charge in [-0.25, -0.2) is 0 Å². The summed E-state index contributed by atoms with van der Waals surface area (Å²) >= 11 is 3.35. The molecule has 1 aliphatic heterocycles. The second-order valence-corrected chi connectivity index (χ2v) is 6.68. The molecule has 2 atom stereocenters. The van der Waals surface area contributed by atoms with Crippen molar-refractivity contribution in [2.24, 2.45) is 5.10 Å². The molecule has 2 unspecified atom stereocenters. The van der Waals surface area contributed by atoms with Crippen LogP contribution in [0.5, 0.6) is 0 Å². The fourth-order valence-corrected chi connectivity index (χ4v) is 3.25. The maximum absolute atomic E-state index is 11.2. The molecule has 6 heteroatoms. The molecule has 2 rings (SSSR count). The SMILES string of the molecule is CC1SC(N/N=C/CCSc2ccccc2)NC1=O. The Morgan fingerprint density at radius 1 is 1.47 bits per heavy atom. The molecule has 102 valence electrons. The minimum absolute atomic E-state index is 0.00124. The van der Waals surface area contributed by atoms with Crippen LogP contribution in [0.2, 0.25) is 0 Å². The molecule has 0 bridgehead atoms. The van der Waals surface area contributed by atoms with E-state index in [1.54, 1.807) is 11.8 Å². The molecule has 0 spiro atoms. The zero-order chi connectivity index (χ0) is 13.5. The summed E-state index contributed by atoms with van der Waals surface area (Å²) in [6.45, 7) is 1.89. The highest BCUT2D eigenvalue weighted by atomic mass is 32.2. The zero-order valence-electron chi connectivity index (χ0n) is 10.7. The van der Waals surface area contributed by atoms with E-state index in [1.165, 1.54) is 4.90 Å². The van der Waals surface area contributed by atoms with Crippen LogP contribution in [0.1, 0.15) is 13.3 Å². The molecular formula is C13H17N3OS2. The number of carbonyl (C=O) groups is 1. The number of hydrogen-bond donors (Lipinski definition) is 2. The Morgan fingerprint density at radius 2 is 2.26 bits per heavy atom. The first-order valence-electron chi connectivity index (χ1n) is 6.16. The zero-order valence-corrected chi connectivity index (χ0v) is 12.3. The monoisotopic (exact) mass is 295 g/mol. The summed E-state index contributed by atoms with van der Waals surface area (Å²) in [5.41, 5.74) is 2.84. The summed E-state index contributed by atoms with van der Waals surface area (Å²) in [5.74, 6) is 1.06. The van der Waals surface area contributed by atoms with Gasteiger partial charge in [-0.1, -0.05) is 18.2 Å². The van der Waals surface area contributed by atoms with Crippen LogP contribution in [0.4, 0.5) is 0 Å². The van der Waals surface area contributed by atoms with Gasteiger partial charge in [-0.05, 0) is 25.5 Å². The van der Waals surface area contributed by atoms with Gasteiger partial charge in [-0.15, -0.1) is 23.5 Å². The van der Waals surface area contributed by atoms with Gasteiger partial charge in [0.2, 0.25) is 5.91 Å². The fraction of sp³-hybridized carbons (Fsp3) is 0.385. The highest BCUT2D eigenvalue weighted by Gasteiger charge is 2.28. The van der Waals surface area contributed by atoms with E-state index in [0.29, 0.717) is 0 Å². The van der Waals surface area contributed by atoms with Gasteiger partial charge in [0.05, 0.1) is 5.25 Å². The van der Waals surface area contributed by atoms with Crippen LogP contribution >= 0.6 is 23.5 Å². The predicted molar refractivity (Wildman–Crippen MR) is 82.4 cm³/mol. The van der Waals surface area contributed by atoms with Crippen LogP contribution in [0.3, 0.4) is 0 Å².